The number of benzene rings is 1. The van der Waals surface area contributed by atoms with Gasteiger partial charge in [0.25, 0.3) is 0 Å². The molecule has 0 radical (unpaired) electrons. The Morgan fingerprint density at radius 1 is 1.42 bits per heavy atom. The minimum atomic E-state index is -1.50. The molecule has 0 aliphatic heterocycles. The lowest BCUT2D eigenvalue weighted by atomic mass is 10.0. The molecule has 0 aliphatic carbocycles. The van der Waals surface area contributed by atoms with E-state index in [4.69, 9.17) is 4.74 Å². The van der Waals surface area contributed by atoms with Crippen molar-refractivity contribution in [1.29, 1.82) is 0 Å². The second-order valence-corrected chi connectivity index (χ2v) is 3.91. The SMILES string of the molecule is CCOc1ccc(C(O)C(O)CC(=O)OC)c(F)c1. The Morgan fingerprint density at radius 3 is 2.63 bits per heavy atom. The molecule has 0 heterocycles. The molecular formula is C13H17FO5. The van der Waals surface area contributed by atoms with Crippen LogP contribution >= 0.6 is 0 Å². The van der Waals surface area contributed by atoms with Crippen molar-refractivity contribution in [2.75, 3.05) is 13.7 Å². The van der Waals surface area contributed by atoms with E-state index >= 15 is 0 Å². The van der Waals surface area contributed by atoms with Gasteiger partial charge < -0.3 is 19.7 Å². The van der Waals surface area contributed by atoms with Crippen molar-refractivity contribution in [2.45, 2.75) is 25.6 Å². The van der Waals surface area contributed by atoms with Crippen LogP contribution in [0.2, 0.25) is 0 Å². The number of halogens is 1. The zero-order valence-electron chi connectivity index (χ0n) is 10.8. The molecule has 5 nitrogen and oxygen atoms in total. The molecule has 2 unspecified atom stereocenters. The minimum absolute atomic E-state index is 0.0974. The van der Waals surface area contributed by atoms with Crippen LogP contribution in [0.25, 0.3) is 0 Å². The predicted molar refractivity (Wildman–Crippen MR) is 65.2 cm³/mol. The molecule has 0 aliphatic rings. The summed E-state index contributed by atoms with van der Waals surface area (Å²) in [6, 6.07) is 3.91. The summed E-state index contributed by atoms with van der Waals surface area (Å²) in [6.07, 6.45) is -3.35. The molecule has 0 amide bonds. The first-order chi connectivity index (χ1) is 8.99. The molecular weight excluding hydrogens is 255 g/mol. The van der Waals surface area contributed by atoms with Gasteiger partial charge in [-0.05, 0) is 19.1 Å². The lowest BCUT2D eigenvalue weighted by Crippen LogP contribution is -2.23. The van der Waals surface area contributed by atoms with Gasteiger partial charge in [-0.1, -0.05) is 0 Å². The molecule has 6 heteroatoms. The average molecular weight is 272 g/mol. The third kappa shape index (κ3) is 4.18. The third-order valence-corrected chi connectivity index (χ3v) is 2.57. The third-order valence-electron chi connectivity index (χ3n) is 2.57. The number of aliphatic hydroxyl groups is 2. The molecule has 0 spiro atoms. The van der Waals surface area contributed by atoms with Crippen molar-refractivity contribution in [1.82, 2.24) is 0 Å². The van der Waals surface area contributed by atoms with E-state index in [-0.39, 0.29) is 5.56 Å². The summed E-state index contributed by atoms with van der Waals surface area (Å²) in [5.74, 6) is -1.06. The molecule has 0 bridgehead atoms. The molecule has 0 aromatic heterocycles. The maximum absolute atomic E-state index is 13.7. The number of methoxy groups -OCH3 is 1. The standard InChI is InChI=1S/C13H17FO5/c1-3-19-8-4-5-9(10(14)6-8)13(17)11(15)7-12(16)18-2/h4-6,11,13,15,17H,3,7H2,1-2H3. The summed E-state index contributed by atoms with van der Waals surface area (Å²) in [6.45, 7) is 2.16. The molecule has 1 aromatic carbocycles. The summed E-state index contributed by atoms with van der Waals surface area (Å²) < 4.78 is 23.2. The van der Waals surface area contributed by atoms with Crippen LogP contribution in [0.5, 0.6) is 5.75 Å². The topological polar surface area (TPSA) is 76.0 Å². The average Bonchev–Trinajstić information content (AvgIpc) is 2.38. The molecule has 2 atom stereocenters. The first-order valence-corrected chi connectivity index (χ1v) is 5.84. The van der Waals surface area contributed by atoms with Gasteiger partial charge in [0.1, 0.15) is 17.7 Å². The minimum Gasteiger partial charge on any atom is -0.494 e. The zero-order chi connectivity index (χ0) is 14.4. The van der Waals surface area contributed by atoms with Gasteiger partial charge in [-0.25, -0.2) is 4.39 Å². The fourth-order valence-electron chi connectivity index (χ4n) is 1.58. The Balaban J connectivity index is 2.81. The van der Waals surface area contributed by atoms with Gasteiger partial charge in [-0.2, -0.15) is 0 Å². The van der Waals surface area contributed by atoms with Crippen LogP contribution < -0.4 is 4.74 Å². The van der Waals surface area contributed by atoms with Crippen LogP contribution in [0.4, 0.5) is 4.39 Å². The van der Waals surface area contributed by atoms with E-state index in [0.29, 0.717) is 12.4 Å². The Morgan fingerprint density at radius 2 is 2.11 bits per heavy atom. The van der Waals surface area contributed by atoms with Crippen molar-refractivity contribution in [3.63, 3.8) is 0 Å². The molecule has 1 rings (SSSR count). The smallest absolute Gasteiger partial charge is 0.308 e. The number of rotatable bonds is 6. The number of hydrogen-bond acceptors (Lipinski definition) is 5. The molecule has 0 saturated carbocycles. The highest BCUT2D eigenvalue weighted by Gasteiger charge is 2.24. The Bertz CT molecular complexity index is 435. The van der Waals surface area contributed by atoms with Crippen LogP contribution in [0.15, 0.2) is 18.2 Å². The normalized spacial score (nSPS) is 13.7. The number of esters is 1. The predicted octanol–water partition coefficient (Wildman–Crippen LogP) is 1.18. The Labute approximate surface area is 110 Å². The number of hydrogen-bond donors (Lipinski definition) is 2. The van der Waals surface area contributed by atoms with E-state index in [1.807, 2.05) is 0 Å². The zero-order valence-corrected chi connectivity index (χ0v) is 10.8. The van der Waals surface area contributed by atoms with Crippen molar-refractivity contribution in [3.8, 4) is 5.75 Å². The van der Waals surface area contributed by atoms with Crippen LogP contribution in [-0.2, 0) is 9.53 Å². The lowest BCUT2D eigenvalue weighted by molar-refractivity contribution is -0.144. The van der Waals surface area contributed by atoms with Crippen LogP contribution in [0.3, 0.4) is 0 Å². The fourth-order valence-corrected chi connectivity index (χ4v) is 1.58. The summed E-state index contributed by atoms with van der Waals surface area (Å²) >= 11 is 0. The van der Waals surface area contributed by atoms with E-state index in [1.165, 1.54) is 19.2 Å². The first-order valence-electron chi connectivity index (χ1n) is 5.84. The fraction of sp³-hybridized carbons (Fsp3) is 0.462. The summed E-state index contributed by atoms with van der Waals surface area (Å²) in [4.78, 5) is 11.0. The quantitative estimate of drug-likeness (QED) is 0.761. The highest BCUT2D eigenvalue weighted by molar-refractivity contribution is 5.69. The van der Waals surface area contributed by atoms with Gasteiger partial charge >= 0.3 is 5.97 Å². The van der Waals surface area contributed by atoms with Crippen LogP contribution in [0.1, 0.15) is 25.0 Å². The number of aliphatic hydroxyl groups excluding tert-OH is 2. The van der Waals surface area contributed by atoms with Crippen molar-refractivity contribution in [3.05, 3.63) is 29.6 Å². The van der Waals surface area contributed by atoms with Gasteiger partial charge in [0.15, 0.2) is 0 Å². The maximum Gasteiger partial charge on any atom is 0.308 e. The second kappa shape index (κ2) is 7.06. The monoisotopic (exact) mass is 272 g/mol. The van der Waals surface area contributed by atoms with Gasteiger partial charge in [0.2, 0.25) is 0 Å². The number of ether oxygens (including phenoxy) is 2. The van der Waals surface area contributed by atoms with Gasteiger partial charge in [-0.3, -0.25) is 4.79 Å². The molecule has 0 saturated heterocycles. The molecule has 106 valence electrons. The highest BCUT2D eigenvalue weighted by Crippen LogP contribution is 2.25. The van der Waals surface area contributed by atoms with E-state index in [0.717, 1.165) is 6.07 Å². The maximum atomic E-state index is 13.7. The summed E-state index contributed by atoms with van der Waals surface area (Å²) in [7, 11) is 1.17. The van der Waals surface area contributed by atoms with E-state index < -0.39 is 30.4 Å². The van der Waals surface area contributed by atoms with E-state index in [1.54, 1.807) is 6.92 Å². The molecule has 1 aromatic rings. The van der Waals surface area contributed by atoms with E-state index in [9.17, 15) is 19.4 Å². The van der Waals surface area contributed by atoms with Gasteiger partial charge in [-0.15, -0.1) is 0 Å². The van der Waals surface area contributed by atoms with Crippen LogP contribution in [-0.4, -0.2) is 36.0 Å². The van der Waals surface area contributed by atoms with Crippen molar-refractivity contribution < 1.29 is 28.9 Å². The van der Waals surface area contributed by atoms with Gasteiger partial charge in [0, 0.05) is 11.6 Å². The number of carbonyl (C=O) groups excluding carboxylic acids is 1. The largest absolute Gasteiger partial charge is 0.494 e. The van der Waals surface area contributed by atoms with Gasteiger partial charge in [0.05, 0.1) is 26.2 Å². The molecule has 0 fully saturated rings. The summed E-state index contributed by atoms with van der Waals surface area (Å²) in [5, 5.41) is 19.4. The van der Waals surface area contributed by atoms with Crippen LogP contribution in [0, 0.1) is 5.82 Å². The Kier molecular flexibility index (Phi) is 5.72. The highest BCUT2D eigenvalue weighted by atomic mass is 19.1. The van der Waals surface area contributed by atoms with Crippen molar-refractivity contribution >= 4 is 5.97 Å². The molecule has 2 N–H and O–H groups in total. The van der Waals surface area contributed by atoms with Crippen molar-refractivity contribution in [2.24, 2.45) is 0 Å². The van der Waals surface area contributed by atoms with E-state index in [2.05, 4.69) is 4.74 Å². The first kappa shape index (κ1) is 15.4. The Hall–Kier alpha value is -1.66. The summed E-state index contributed by atoms with van der Waals surface area (Å²) in [5.41, 5.74) is -0.0974. The lowest BCUT2D eigenvalue weighted by Gasteiger charge is -2.18. The number of carbonyl (C=O) groups is 1. The second-order valence-electron chi connectivity index (χ2n) is 3.91. The molecule has 19 heavy (non-hydrogen) atoms.